The second kappa shape index (κ2) is 6.24. The van der Waals surface area contributed by atoms with Gasteiger partial charge in [-0.25, -0.2) is 4.98 Å². The Bertz CT molecular complexity index is 907. The first-order valence-corrected chi connectivity index (χ1v) is 8.52. The topological polar surface area (TPSA) is 46.8 Å². The lowest BCUT2D eigenvalue weighted by atomic mass is 10.1. The molecule has 5 heteroatoms. The van der Waals surface area contributed by atoms with Gasteiger partial charge in [0, 0.05) is 25.9 Å². The number of carbonyl (C=O) groups excluding carboxylic acids is 1. The molecule has 0 N–H and O–H groups in total. The average molecular weight is 335 g/mol. The highest BCUT2D eigenvalue weighted by Gasteiger charge is 2.25. The minimum Gasteiger partial charge on any atom is -0.488 e. The molecule has 0 saturated heterocycles. The minimum absolute atomic E-state index is 0.0239. The van der Waals surface area contributed by atoms with Crippen LogP contribution in [0, 0.1) is 6.92 Å². The summed E-state index contributed by atoms with van der Waals surface area (Å²) in [7, 11) is 1.84. The quantitative estimate of drug-likeness (QED) is 0.736. The van der Waals surface area contributed by atoms with Gasteiger partial charge >= 0.3 is 0 Å². The number of rotatable bonds is 4. The Labute approximate surface area is 146 Å². The molecule has 3 heterocycles. The maximum Gasteiger partial charge on any atom is 0.228 e. The molecule has 0 aliphatic carbocycles. The zero-order valence-electron chi connectivity index (χ0n) is 14.5. The van der Waals surface area contributed by atoms with E-state index in [1.807, 2.05) is 54.9 Å². The molecule has 0 fully saturated rings. The summed E-state index contributed by atoms with van der Waals surface area (Å²) in [5.74, 6) is 1.01. The van der Waals surface area contributed by atoms with Gasteiger partial charge in [0.15, 0.2) is 0 Å². The first-order valence-electron chi connectivity index (χ1n) is 8.52. The number of nitrogens with zero attached hydrogens (tertiary/aromatic N) is 3. The third kappa shape index (κ3) is 2.97. The smallest absolute Gasteiger partial charge is 0.228 e. The van der Waals surface area contributed by atoms with Crippen LogP contribution in [0.1, 0.15) is 16.8 Å². The molecule has 2 aromatic heterocycles. The van der Waals surface area contributed by atoms with Crippen molar-refractivity contribution in [3.8, 4) is 5.75 Å². The summed E-state index contributed by atoms with van der Waals surface area (Å²) in [6, 6.07) is 12.1. The predicted octanol–water partition coefficient (Wildman–Crippen LogP) is 2.65. The Morgan fingerprint density at radius 1 is 1.32 bits per heavy atom. The van der Waals surface area contributed by atoms with E-state index >= 15 is 0 Å². The zero-order chi connectivity index (χ0) is 17.4. The molecule has 1 amide bonds. The number of fused-ring (bicyclic) bond motifs is 2. The molecule has 0 spiro atoms. The number of amides is 1. The van der Waals surface area contributed by atoms with E-state index in [1.165, 1.54) is 5.56 Å². The third-order valence-corrected chi connectivity index (χ3v) is 4.76. The lowest BCUT2D eigenvalue weighted by Crippen LogP contribution is -2.37. The van der Waals surface area contributed by atoms with E-state index in [1.54, 1.807) is 11.1 Å². The first-order chi connectivity index (χ1) is 12.1. The zero-order valence-corrected chi connectivity index (χ0v) is 14.5. The molecule has 128 valence electrons. The molecule has 5 nitrogen and oxygen atoms in total. The van der Waals surface area contributed by atoms with Gasteiger partial charge in [0.2, 0.25) is 5.91 Å². The molecule has 25 heavy (non-hydrogen) atoms. The summed E-state index contributed by atoms with van der Waals surface area (Å²) in [5.41, 5.74) is 4.13. The number of likely N-dealkylation sites (N-methyl/N-ethyl adjacent to an activating group) is 1. The monoisotopic (exact) mass is 335 g/mol. The van der Waals surface area contributed by atoms with Gasteiger partial charge in [0.1, 0.15) is 17.5 Å². The Morgan fingerprint density at radius 2 is 2.16 bits per heavy atom. The van der Waals surface area contributed by atoms with Crippen LogP contribution in [0.25, 0.3) is 5.65 Å². The van der Waals surface area contributed by atoms with Crippen molar-refractivity contribution in [2.24, 2.45) is 0 Å². The lowest BCUT2D eigenvalue weighted by Gasteiger charge is -2.21. The van der Waals surface area contributed by atoms with Crippen LogP contribution in [0.5, 0.6) is 5.75 Å². The summed E-state index contributed by atoms with van der Waals surface area (Å²) in [6.45, 7) is 2.61. The molecule has 1 aromatic carbocycles. The molecule has 0 saturated carbocycles. The SMILES string of the molecule is Cc1cccn2c(CC(=O)N(C)C[C@@H]3Cc4ccccc4O3)cnc12. The Balaban J connectivity index is 1.42. The van der Waals surface area contributed by atoms with Gasteiger partial charge in [-0.2, -0.15) is 0 Å². The molecule has 1 aliphatic rings. The second-order valence-corrected chi connectivity index (χ2v) is 6.64. The standard InChI is InChI=1S/C20H21N3O2/c1-14-6-5-9-23-16(12-21-20(14)23)11-19(24)22(2)13-17-10-15-7-3-4-8-18(15)25-17/h3-9,12,17H,10-11,13H2,1-2H3/t17-/m0/s1. The average Bonchev–Trinajstić information content (AvgIpc) is 3.19. The van der Waals surface area contributed by atoms with Crippen LogP contribution in [-0.2, 0) is 17.6 Å². The van der Waals surface area contributed by atoms with Crippen LogP contribution in [0.2, 0.25) is 0 Å². The van der Waals surface area contributed by atoms with E-state index < -0.39 is 0 Å². The van der Waals surface area contributed by atoms with Crippen LogP contribution in [-0.4, -0.2) is 39.9 Å². The summed E-state index contributed by atoms with van der Waals surface area (Å²) >= 11 is 0. The van der Waals surface area contributed by atoms with Gasteiger partial charge in [-0.05, 0) is 30.2 Å². The van der Waals surface area contributed by atoms with Crippen LogP contribution in [0.4, 0.5) is 0 Å². The van der Waals surface area contributed by atoms with Crippen LogP contribution < -0.4 is 4.74 Å². The molecular weight excluding hydrogens is 314 g/mol. The maximum atomic E-state index is 12.6. The van der Waals surface area contributed by atoms with Crippen LogP contribution in [0.3, 0.4) is 0 Å². The predicted molar refractivity (Wildman–Crippen MR) is 95.8 cm³/mol. The van der Waals surface area contributed by atoms with Crippen molar-refractivity contribution >= 4 is 11.6 Å². The summed E-state index contributed by atoms with van der Waals surface area (Å²) < 4.78 is 7.93. The largest absolute Gasteiger partial charge is 0.488 e. The number of imidazole rings is 1. The van der Waals surface area contributed by atoms with E-state index in [0.29, 0.717) is 13.0 Å². The Morgan fingerprint density at radius 3 is 3.00 bits per heavy atom. The molecule has 1 aliphatic heterocycles. The highest BCUT2D eigenvalue weighted by atomic mass is 16.5. The molecule has 1 atom stereocenters. The molecule has 0 unspecified atom stereocenters. The first kappa shape index (κ1) is 15.7. The number of hydrogen-bond donors (Lipinski definition) is 0. The molecular formula is C20H21N3O2. The summed E-state index contributed by atoms with van der Waals surface area (Å²) in [6.07, 6.45) is 4.95. The van der Waals surface area contributed by atoms with Gasteiger partial charge in [-0.1, -0.05) is 24.3 Å². The second-order valence-electron chi connectivity index (χ2n) is 6.64. The fourth-order valence-electron chi connectivity index (χ4n) is 3.39. The Hall–Kier alpha value is -2.82. The Kier molecular flexibility index (Phi) is 3.92. The molecule has 4 rings (SSSR count). The fraction of sp³-hybridized carbons (Fsp3) is 0.300. The molecule has 0 radical (unpaired) electrons. The number of aryl methyl sites for hydroxylation is 1. The third-order valence-electron chi connectivity index (χ3n) is 4.76. The van der Waals surface area contributed by atoms with Gasteiger partial charge in [0.05, 0.1) is 18.7 Å². The van der Waals surface area contributed by atoms with E-state index in [-0.39, 0.29) is 12.0 Å². The van der Waals surface area contributed by atoms with Crippen molar-refractivity contribution in [2.45, 2.75) is 25.9 Å². The number of aromatic nitrogens is 2. The number of para-hydroxylation sites is 1. The number of pyridine rings is 1. The van der Waals surface area contributed by atoms with Crippen molar-refractivity contribution in [2.75, 3.05) is 13.6 Å². The summed E-state index contributed by atoms with van der Waals surface area (Å²) in [4.78, 5) is 18.8. The number of benzene rings is 1. The highest BCUT2D eigenvalue weighted by Crippen LogP contribution is 2.28. The van der Waals surface area contributed by atoms with Crippen LogP contribution in [0.15, 0.2) is 48.8 Å². The summed E-state index contributed by atoms with van der Waals surface area (Å²) in [5, 5.41) is 0. The van der Waals surface area contributed by atoms with Crippen molar-refractivity contribution in [1.82, 2.24) is 14.3 Å². The van der Waals surface area contributed by atoms with Crippen molar-refractivity contribution in [3.63, 3.8) is 0 Å². The highest BCUT2D eigenvalue weighted by molar-refractivity contribution is 5.78. The van der Waals surface area contributed by atoms with Gasteiger partial charge < -0.3 is 14.0 Å². The number of ether oxygens (including phenoxy) is 1. The van der Waals surface area contributed by atoms with Crippen LogP contribution >= 0.6 is 0 Å². The fourth-order valence-corrected chi connectivity index (χ4v) is 3.39. The molecule has 0 bridgehead atoms. The van der Waals surface area contributed by atoms with E-state index in [4.69, 9.17) is 4.74 Å². The normalized spacial score (nSPS) is 15.8. The number of carbonyl (C=O) groups is 1. The van der Waals surface area contributed by atoms with E-state index in [9.17, 15) is 4.79 Å². The lowest BCUT2D eigenvalue weighted by molar-refractivity contribution is -0.130. The van der Waals surface area contributed by atoms with Gasteiger partial charge in [-0.3, -0.25) is 4.79 Å². The van der Waals surface area contributed by atoms with Crippen molar-refractivity contribution in [3.05, 3.63) is 65.6 Å². The minimum atomic E-state index is 0.0239. The van der Waals surface area contributed by atoms with E-state index in [0.717, 1.165) is 29.1 Å². The van der Waals surface area contributed by atoms with Gasteiger partial charge in [0.25, 0.3) is 0 Å². The molecule has 3 aromatic rings. The maximum absolute atomic E-state index is 12.6. The van der Waals surface area contributed by atoms with Crippen molar-refractivity contribution < 1.29 is 9.53 Å². The van der Waals surface area contributed by atoms with Crippen molar-refractivity contribution in [1.29, 1.82) is 0 Å². The van der Waals surface area contributed by atoms with E-state index in [2.05, 4.69) is 11.1 Å². The van der Waals surface area contributed by atoms with Gasteiger partial charge in [-0.15, -0.1) is 0 Å². The number of hydrogen-bond acceptors (Lipinski definition) is 3.